The number of thioether (sulfide) groups is 7. The maximum Gasteiger partial charge on any atom is 0.311 e. The molecule has 8 aromatic heterocycles. The van der Waals surface area contributed by atoms with Crippen LogP contribution in [-0.4, -0.2) is 154 Å². The van der Waals surface area contributed by atoms with Crippen molar-refractivity contribution in [3.63, 3.8) is 0 Å². The molecule has 0 atom stereocenters. The molecule has 594 valence electrons. The summed E-state index contributed by atoms with van der Waals surface area (Å²) in [5, 5.41) is 38.8. The summed E-state index contributed by atoms with van der Waals surface area (Å²) in [7, 11) is 0. The minimum absolute atomic E-state index is 0.0229. The number of aromatic nitrogens is 24. The lowest BCUT2D eigenvalue weighted by Crippen LogP contribution is -2.33. The van der Waals surface area contributed by atoms with Gasteiger partial charge in [0.1, 0.15) is 49.5 Å². The first-order chi connectivity index (χ1) is 53.1. The monoisotopic (exact) mass is 1770 g/mol. The molecule has 8 rings (SSSR count). The fourth-order valence-corrected chi connectivity index (χ4v) is 12.8. The zero-order valence-corrected chi connectivity index (χ0v) is 75.6. The summed E-state index contributed by atoms with van der Waals surface area (Å²) in [6.07, 6.45) is 56.0. The third kappa shape index (κ3) is 39.6. The highest BCUT2D eigenvalue weighted by atomic mass is 79.9. The van der Waals surface area contributed by atoms with Gasteiger partial charge in [-0.25, -0.2) is 62.7 Å². The summed E-state index contributed by atoms with van der Waals surface area (Å²) in [4.78, 5) is 34.5. The fraction of sp³-hybridized carbons (Fsp3) is 0.418. The van der Waals surface area contributed by atoms with Gasteiger partial charge in [-0.1, -0.05) is 244 Å². The van der Waals surface area contributed by atoms with Gasteiger partial charge in [0.15, 0.2) is 31.9 Å². The summed E-state index contributed by atoms with van der Waals surface area (Å²) < 4.78 is 15.5. The van der Waals surface area contributed by atoms with Crippen LogP contribution < -0.4 is 4.68 Å². The van der Waals surface area contributed by atoms with E-state index in [0.29, 0.717) is 84.0 Å². The molecule has 0 saturated heterocycles. The molecule has 0 bridgehead atoms. The van der Waals surface area contributed by atoms with E-state index in [0.717, 1.165) is 89.1 Å². The van der Waals surface area contributed by atoms with E-state index >= 15 is 0 Å². The molecule has 0 amide bonds. The van der Waals surface area contributed by atoms with Crippen molar-refractivity contribution in [2.24, 2.45) is 0 Å². The van der Waals surface area contributed by atoms with Gasteiger partial charge in [0.2, 0.25) is 20.2 Å². The molecule has 24 nitrogen and oxygen atoms in total. The molecular weight excluding hydrogens is 1670 g/mol. The Hall–Kier alpha value is -8.81. The lowest BCUT2D eigenvalue weighted by molar-refractivity contribution is -0.744. The summed E-state index contributed by atoms with van der Waals surface area (Å²) in [5.41, 5.74) is -0.164. The van der Waals surface area contributed by atoms with Crippen LogP contribution in [0.5, 0.6) is 0 Å². The predicted molar refractivity (Wildman–Crippen MR) is 476 cm³/mol. The van der Waals surface area contributed by atoms with Gasteiger partial charge in [-0.3, -0.25) is 0 Å². The van der Waals surface area contributed by atoms with Crippen LogP contribution in [0.4, 0.5) is 0 Å². The molecule has 33 heteroatoms. The van der Waals surface area contributed by atoms with Gasteiger partial charge < -0.3 is 0 Å². The molecule has 0 spiro atoms. The molecular formula is C79H103Br2N24S7+. The Morgan fingerprint density at radius 3 is 1.27 bits per heavy atom. The van der Waals surface area contributed by atoms with Crippen molar-refractivity contribution < 1.29 is 4.68 Å². The highest BCUT2D eigenvalue weighted by molar-refractivity contribution is 9.11. The van der Waals surface area contributed by atoms with E-state index in [1.165, 1.54) is 58.8 Å². The van der Waals surface area contributed by atoms with Gasteiger partial charge in [0.05, 0.1) is 54.9 Å². The van der Waals surface area contributed by atoms with Crippen LogP contribution in [0.3, 0.4) is 0 Å². The number of hydrogen-bond acceptors (Lipinski definition) is 22. The van der Waals surface area contributed by atoms with Crippen LogP contribution in [0.2, 0.25) is 0 Å². The Kier molecular flexibility index (Phi) is 49.5. The van der Waals surface area contributed by atoms with E-state index in [2.05, 4.69) is 289 Å². The standard InChI is InChI=1S/4C12H17N3S.2C9H11N3S.C8H9N3S.C5H3Br2N3/c2*1-6-8-15-10(12(3,4)5)13-11(14-15)16-9-7-2;2*1-6-8-15-11(16-9-7-2)13-10(14-15)12(3,4)5;1-4-6-12-8(3)10-9(11-12)13-7-5-2;1-4-6-12-9(13-7-5-2)10-8(3)11-12;1-3-5-11-7-9-8(10-11)12-6-4-2;1-2-3-10-5(7)8-4(6)9-10/h2,6H,1,8-9H2,3-5H3;1,7H,2,8-9H2,3-5H3;2,6H,1,8-9H2,3-5H3;1,7H,2,8-9H2,3-5H3;2*2,4H,1,6-7H2,3H3;2-3,7H,1,5-6H2;1H,3H2/p+1. The highest BCUT2D eigenvalue weighted by Gasteiger charge is 2.26. The number of allylic oxidation sites excluding steroid dienone is 5. The van der Waals surface area contributed by atoms with Crippen LogP contribution in [0, 0.1) is 113 Å². The molecule has 112 heavy (non-hydrogen) atoms. The van der Waals surface area contributed by atoms with Gasteiger partial charge in [-0.05, 0) is 68.5 Å². The average molecular weight is 1770 g/mol. The maximum absolute atomic E-state index is 5.32. The van der Waals surface area contributed by atoms with Crippen LogP contribution in [0.1, 0.15) is 118 Å². The molecule has 0 saturated carbocycles. The number of H-pyrrole nitrogens is 1. The quantitative estimate of drug-likeness (QED) is 0.0198. The molecule has 0 aromatic carbocycles. The van der Waals surface area contributed by atoms with Crippen molar-refractivity contribution in [3.05, 3.63) is 139 Å². The third-order valence-corrected chi connectivity index (χ3v) is 19.1. The SMILES string of the molecule is C#CCSc1nc(C(C)(C)C)n(CC=C)n1.C#CCSc1nc(C(C)(C)C)nn1CC=C.C#CCSc1nc(C)n(CC=C)n1.C#CCSc1nc(C)nn1CC=C.C#CCSc1nc[n+](CC=C)[nH]1.C#CCn1nc(Br)nc1Br.C#CCn1nc(C(C)(C)C)nc1SCC=C.C#CCn1nc(SCC=C)nc1C(C)(C)C. The van der Waals surface area contributed by atoms with E-state index in [4.69, 9.17) is 51.4 Å². The molecule has 0 fully saturated rings. The normalized spacial score (nSPS) is 10.4. The summed E-state index contributed by atoms with van der Waals surface area (Å²) >= 11 is 17.0. The van der Waals surface area contributed by atoms with Crippen molar-refractivity contribution in [3.8, 4) is 98.8 Å². The molecule has 0 aliphatic rings. The summed E-state index contributed by atoms with van der Waals surface area (Å²) in [6, 6.07) is 0. The van der Waals surface area contributed by atoms with E-state index in [9.17, 15) is 0 Å². The topological polar surface area (TPSA) is 248 Å². The van der Waals surface area contributed by atoms with Crippen molar-refractivity contribution >= 4 is 114 Å². The first-order valence-corrected chi connectivity index (χ1v) is 42.6. The molecule has 0 radical (unpaired) electrons. The number of halogens is 2. The molecule has 0 aliphatic heterocycles. The van der Waals surface area contributed by atoms with Crippen LogP contribution in [-0.2, 0) is 74.0 Å². The lowest BCUT2D eigenvalue weighted by atomic mass is 9.96. The average Bonchev–Trinajstić information content (AvgIpc) is 1.68. The molecule has 8 heterocycles. The van der Waals surface area contributed by atoms with Gasteiger partial charge in [0.25, 0.3) is 0 Å². The van der Waals surface area contributed by atoms with Crippen molar-refractivity contribution in [2.75, 3.05) is 40.3 Å². The minimum Gasteiger partial charge on any atom is -0.245 e. The van der Waals surface area contributed by atoms with E-state index in [1.807, 2.05) is 46.1 Å². The Balaban J connectivity index is 0.000000643. The van der Waals surface area contributed by atoms with Gasteiger partial charge >= 0.3 is 11.5 Å². The smallest absolute Gasteiger partial charge is 0.245 e. The summed E-state index contributed by atoms with van der Waals surface area (Å²) in [6.45, 7) is 59.5. The largest absolute Gasteiger partial charge is 0.311 e. The Morgan fingerprint density at radius 1 is 0.402 bits per heavy atom. The molecule has 0 unspecified atom stereocenters. The summed E-state index contributed by atoms with van der Waals surface area (Å²) in [5.74, 6) is 30.3. The molecule has 8 aromatic rings. The van der Waals surface area contributed by atoms with E-state index < -0.39 is 0 Å². The first kappa shape index (κ1) is 101. The van der Waals surface area contributed by atoms with Crippen LogP contribution in [0.15, 0.2) is 140 Å². The van der Waals surface area contributed by atoms with Crippen molar-refractivity contribution in [1.82, 2.24) is 113 Å². The molecule has 0 aliphatic carbocycles. The van der Waals surface area contributed by atoms with Crippen molar-refractivity contribution in [2.45, 2.75) is 207 Å². The van der Waals surface area contributed by atoms with Gasteiger partial charge in [-0.15, -0.1) is 111 Å². The Morgan fingerprint density at radius 2 is 0.804 bits per heavy atom. The van der Waals surface area contributed by atoms with E-state index in [-0.39, 0.29) is 21.7 Å². The lowest BCUT2D eigenvalue weighted by Gasteiger charge is -2.17. The third-order valence-electron chi connectivity index (χ3n) is 12.3. The van der Waals surface area contributed by atoms with Gasteiger partial charge in [0, 0.05) is 33.2 Å². The van der Waals surface area contributed by atoms with E-state index in [1.54, 1.807) is 77.6 Å². The number of rotatable bonds is 29. The second-order valence-corrected chi connectivity index (χ2v) is 34.3. The minimum atomic E-state index is -0.0522. The fourth-order valence-electron chi connectivity index (χ4n) is 7.68. The number of aromatic amines is 1. The maximum atomic E-state index is 5.32. The van der Waals surface area contributed by atoms with Crippen LogP contribution in [0.25, 0.3) is 0 Å². The Labute approximate surface area is 711 Å². The highest BCUT2D eigenvalue weighted by Crippen LogP contribution is 2.28. The number of terminal acetylenes is 8. The number of nitrogens with zero attached hydrogens (tertiary/aromatic N) is 23. The second-order valence-electron chi connectivity index (χ2n) is 26.1. The van der Waals surface area contributed by atoms with Gasteiger partial charge in [-0.2, -0.15) is 30.1 Å². The zero-order valence-electron chi connectivity index (χ0n) is 66.7. The number of nitrogens with one attached hydrogen (secondary N) is 1. The zero-order chi connectivity index (χ0) is 84.5. The molecule has 1 N–H and O–H groups in total. The number of aryl methyl sites for hydroxylation is 2. The number of hydrogen-bond donors (Lipinski definition) is 1. The van der Waals surface area contributed by atoms with Crippen LogP contribution >= 0.6 is 114 Å². The van der Waals surface area contributed by atoms with Crippen molar-refractivity contribution in [1.29, 1.82) is 0 Å². The first-order valence-electron chi connectivity index (χ1n) is 34.1. The second kappa shape index (κ2) is 54.8. The Bertz CT molecular complexity index is 4610. The predicted octanol–water partition coefficient (Wildman–Crippen LogP) is 15.0.